The zero-order valence-electron chi connectivity index (χ0n) is 32.1. The first-order valence-electron chi connectivity index (χ1n) is 18.9. The fourth-order valence-corrected chi connectivity index (χ4v) is 5.93. The van der Waals surface area contributed by atoms with Crippen molar-refractivity contribution in [3.63, 3.8) is 0 Å². The lowest BCUT2D eigenvalue weighted by atomic mass is 9.99. The van der Waals surface area contributed by atoms with Crippen molar-refractivity contribution >= 4 is 23.7 Å². The summed E-state index contributed by atoms with van der Waals surface area (Å²) in [5, 5.41) is 19.0. The van der Waals surface area contributed by atoms with Crippen molar-refractivity contribution in [3.05, 3.63) is 167 Å². The van der Waals surface area contributed by atoms with Crippen LogP contribution in [0.15, 0.2) is 140 Å². The zero-order chi connectivity index (χ0) is 40.4. The Morgan fingerprint density at radius 1 is 0.596 bits per heavy atom. The third-order valence-corrected chi connectivity index (χ3v) is 8.95. The Bertz CT molecular complexity index is 2030. The number of ketones is 1. The van der Waals surface area contributed by atoms with Gasteiger partial charge in [0.15, 0.2) is 11.5 Å². The molecule has 0 fully saturated rings. The molecule has 0 aromatic heterocycles. The van der Waals surface area contributed by atoms with E-state index in [1.807, 2.05) is 111 Å². The number of aliphatic hydroxyl groups excluding tert-OH is 1. The topological polar surface area (TPSA) is 152 Å². The van der Waals surface area contributed by atoms with E-state index in [-0.39, 0.29) is 38.5 Å². The normalized spacial score (nSPS) is 12.4. The molecule has 5 aromatic rings. The number of carbonyl (C=O) groups is 4. The van der Waals surface area contributed by atoms with Gasteiger partial charge < -0.3 is 35.3 Å². The average molecular weight is 772 g/mol. The van der Waals surface area contributed by atoms with Gasteiger partial charge in [-0.05, 0) is 52.3 Å². The standard InChI is InChI=1S/C46H49N3O8/c1-32(2)25-39(49-46(54)57-31-36-21-13-6-14-22-36)44(52)48-38(26-33-15-7-3-8-16-33)43(51)45(53)47-28-40(50)37-23-24-41(55-29-34-17-9-4-10-18-34)42(27-37)56-30-35-19-11-5-12-20-35/h3-24,27,32,38-40,50H,25-26,28-31H2,1-2H3,(H,47,53)(H,48,52)(H,49,54)/t38-,39-,40?/m0/s1. The van der Waals surface area contributed by atoms with Crippen LogP contribution in [-0.2, 0) is 45.4 Å². The lowest BCUT2D eigenvalue weighted by Gasteiger charge is -2.24. The Hall–Kier alpha value is -6.46. The molecule has 3 atom stereocenters. The molecule has 0 radical (unpaired) electrons. The molecule has 296 valence electrons. The van der Waals surface area contributed by atoms with E-state index < -0.39 is 41.9 Å². The van der Waals surface area contributed by atoms with Gasteiger partial charge in [0.05, 0.1) is 6.10 Å². The minimum absolute atomic E-state index is 0.00280. The van der Waals surface area contributed by atoms with Crippen LogP contribution < -0.4 is 25.4 Å². The molecule has 0 heterocycles. The molecule has 0 aliphatic rings. The Morgan fingerprint density at radius 2 is 1.11 bits per heavy atom. The molecular formula is C46H49N3O8. The van der Waals surface area contributed by atoms with Crippen LogP contribution in [-0.4, -0.2) is 47.4 Å². The second-order valence-electron chi connectivity index (χ2n) is 14.0. The zero-order valence-corrected chi connectivity index (χ0v) is 32.1. The molecule has 11 nitrogen and oxygen atoms in total. The molecular weight excluding hydrogens is 723 g/mol. The molecule has 0 spiro atoms. The van der Waals surface area contributed by atoms with Crippen molar-refractivity contribution in [2.75, 3.05) is 6.54 Å². The number of carbonyl (C=O) groups excluding carboxylic acids is 4. The smallest absolute Gasteiger partial charge is 0.408 e. The van der Waals surface area contributed by atoms with Crippen LogP contribution in [0, 0.1) is 5.92 Å². The van der Waals surface area contributed by atoms with Crippen LogP contribution in [0.5, 0.6) is 11.5 Å². The van der Waals surface area contributed by atoms with Crippen molar-refractivity contribution in [1.82, 2.24) is 16.0 Å². The molecule has 0 bridgehead atoms. The van der Waals surface area contributed by atoms with Crippen LogP contribution in [0.2, 0.25) is 0 Å². The number of hydrogen-bond acceptors (Lipinski definition) is 8. The second-order valence-corrected chi connectivity index (χ2v) is 14.0. The van der Waals surface area contributed by atoms with Gasteiger partial charge in [0.2, 0.25) is 11.7 Å². The number of ether oxygens (including phenoxy) is 3. The number of benzene rings is 5. The van der Waals surface area contributed by atoms with Crippen LogP contribution in [0.4, 0.5) is 4.79 Å². The Labute approximate surface area is 333 Å². The lowest BCUT2D eigenvalue weighted by Crippen LogP contribution is -2.55. The van der Waals surface area contributed by atoms with Gasteiger partial charge in [-0.25, -0.2) is 4.79 Å². The number of rotatable bonds is 20. The third kappa shape index (κ3) is 13.7. The molecule has 5 aromatic carbocycles. The minimum atomic E-state index is -1.27. The van der Waals surface area contributed by atoms with Gasteiger partial charge in [0, 0.05) is 13.0 Å². The molecule has 3 amide bonds. The second kappa shape index (κ2) is 21.6. The average Bonchev–Trinajstić information content (AvgIpc) is 3.23. The number of amides is 3. The molecule has 0 saturated heterocycles. The molecule has 0 aliphatic heterocycles. The summed E-state index contributed by atoms with van der Waals surface area (Å²) in [4.78, 5) is 53.5. The number of alkyl carbamates (subject to hydrolysis) is 1. The molecule has 5 rings (SSSR count). The predicted molar refractivity (Wildman–Crippen MR) is 216 cm³/mol. The molecule has 4 N–H and O–H groups in total. The van der Waals surface area contributed by atoms with E-state index >= 15 is 0 Å². The number of aliphatic hydroxyl groups is 1. The van der Waals surface area contributed by atoms with Crippen LogP contribution in [0.25, 0.3) is 0 Å². The van der Waals surface area contributed by atoms with Gasteiger partial charge in [-0.1, -0.05) is 141 Å². The summed E-state index contributed by atoms with van der Waals surface area (Å²) in [5.41, 5.74) is 3.82. The van der Waals surface area contributed by atoms with Crippen LogP contribution >= 0.6 is 0 Å². The quantitative estimate of drug-likeness (QED) is 0.0644. The van der Waals surface area contributed by atoms with E-state index in [9.17, 15) is 24.3 Å². The molecule has 1 unspecified atom stereocenters. The first kappa shape index (κ1) is 41.7. The Balaban J connectivity index is 1.25. The monoisotopic (exact) mass is 771 g/mol. The van der Waals surface area contributed by atoms with Crippen molar-refractivity contribution < 1.29 is 38.5 Å². The summed E-state index contributed by atoms with van der Waals surface area (Å²) < 4.78 is 17.6. The van der Waals surface area contributed by atoms with Gasteiger partial charge in [0.1, 0.15) is 31.9 Å². The number of hydrogen-bond donors (Lipinski definition) is 4. The third-order valence-electron chi connectivity index (χ3n) is 8.95. The predicted octanol–water partition coefficient (Wildman–Crippen LogP) is 6.63. The molecule has 57 heavy (non-hydrogen) atoms. The van der Waals surface area contributed by atoms with Gasteiger partial charge in [-0.3, -0.25) is 14.4 Å². The summed E-state index contributed by atoms with van der Waals surface area (Å²) in [5.74, 6) is -1.68. The summed E-state index contributed by atoms with van der Waals surface area (Å²) >= 11 is 0. The van der Waals surface area contributed by atoms with Gasteiger partial charge in [0.25, 0.3) is 5.91 Å². The maximum atomic E-state index is 13.7. The van der Waals surface area contributed by atoms with E-state index in [0.29, 0.717) is 29.2 Å². The van der Waals surface area contributed by atoms with E-state index in [2.05, 4.69) is 16.0 Å². The highest BCUT2D eigenvalue weighted by Gasteiger charge is 2.31. The first-order chi connectivity index (χ1) is 27.6. The van der Waals surface area contributed by atoms with Gasteiger partial charge in [-0.2, -0.15) is 0 Å². The van der Waals surface area contributed by atoms with E-state index in [1.165, 1.54) is 0 Å². The van der Waals surface area contributed by atoms with Gasteiger partial charge in [-0.15, -0.1) is 0 Å². The highest BCUT2D eigenvalue weighted by atomic mass is 16.5. The minimum Gasteiger partial charge on any atom is -0.485 e. The van der Waals surface area contributed by atoms with Crippen molar-refractivity contribution in [2.24, 2.45) is 5.92 Å². The maximum absolute atomic E-state index is 13.7. The summed E-state index contributed by atoms with van der Waals surface area (Å²) in [6.07, 6.45) is -1.74. The van der Waals surface area contributed by atoms with Crippen LogP contribution in [0.3, 0.4) is 0 Å². The van der Waals surface area contributed by atoms with Gasteiger partial charge >= 0.3 is 6.09 Å². The maximum Gasteiger partial charge on any atom is 0.408 e. The van der Waals surface area contributed by atoms with Crippen LogP contribution in [0.1, 0.15) is 54.2 Å². The Kier molecular flexibility index (Phi) is 15.8. The van der Waals surface area contributed by atoms with E-state index in [0.717, 1.165) is 16.7 Å². The van der Waals surface area contributed by atoms with Crippen molar-refractivity contribution in [1.29, 1.82) is 0 Å². The lowest BCUT2D eigenvalue weighted by molar-refractivity contribution is -0.140. The highest BCUT2D eigenvalue weighted by molar-refractivity contribution is 6.38. The van der Waals surface area contributed by atoms with Crippen molar-refractivity contribution in [3.8, 4) is 11.5 Å². The molecule has 0 aliphatic carbocycles. The number of nitrogens with one attached hydrogen (secondary N) is 3. The van der Waals surface area contributed by atoms with E-state index in [4.69, 9.17) is 14.2 Å². The van der Waals surface area contributed by atoms with Crippen molar-refractivity contribution in [2.45, 2.75) is 64.7 Å². The largest absolute Gasteiger partial charge is 0.485 e. The molecule has 0 saturated carbocycles. The summed E-state index contributed by atoms with van der Waals surface area (Å²) in [6, 6.07) is 40.1. The Morgan fingerprint density at radius 3 is 1.65 bits per heavy atom. The fraction of sp³-hybridized carbons (Fsp3) is 0.261. The SMILES string of the molecule is CC(C)C[C@H](NC(=O)OCc1ccccc1)C(=O)N[C@@H](Cc1ccccc1)C(=O)C(=O)NCC(O)c1ccc(OCc2ccccc2)c(OCc2ccccc2)c1. The summed E-state index contributed by atoms with van der Waals surface area (Å²) in [6.45, 7) is 4.06. The number of Topliss-reactive ketones (excluding diaryl/α,β-unsaturated/α-hetero) is 1. The molecule has 11 heteroatoms. The summed E-state index contributed by atoms with van der Waals surface area (Å²) in [7, 11) is 0. The fourth-order valence-electron chi connectivity index (χ4n) is 5.93. The highest BCUT2D eigenvalue weighted by Crippen LogP contribution is 2.32. The first-order valence-corrected chi connectivity index (χ1v) is 18.9. The van der Waals surface area contributed by atoms with E-state index in [1.54, 1.807) is 42.5 Å².